The molecule has 3 atom stereocenters. The van der Waals surface area contributed by atoms with Gasteiger partial charge in [0.15, 0.2) is 5.78 Å². The predicted octanol–water partition coefficient (Wildman–Crippen LogP) is 3.58. The summed E-state index contributed by atoms with van der Waals surface area (Å²) in [5.74, 6) is -0.365. The highest BCUT2D eigenvalue weighted by Crippen LogP contribution is 2.27. The van der Waals surface area contributed by atoms with Gasteiger partial charge in [-0.15, -0.1) is 0 Å². The van der Waals surface area contributed by atoms with Gasteiger partial charge in [0.2, 0.25) is 0 Å². The molecule has 1 aromatic rings. The molecule has 0 spiro atoms. The average molecular weight is 441 g/mol. The summed E-state index contributed by atoms with van der Waals surface area (Å²) in [4.78, 5) is 24.0. The molecule has 0 amide bonds. The Hall–Kier alpha value is -2.34. The molecule has 0 saturated heterocycles. The number of aliphatic hydroxyl groups excluding tert-OH is 3. The number of allylic oxidation sites excluding steroid dienone is 5. The van der Waals surface area contributed by atoms with Crippen molar-refractivity contribution in [2.75, 3.05) is 13.2 Å². The summed E-state index contributed by atoms with van der Waals surface area (Å²) in [6.07, 6.45) is 15.0. The zero-order valence-electron chi connectivity index (χ0n) is 18.7. The van der Waals surface area contributed by atoms with Crippen LogP contribution in [0.5, 0.6) is 0 Å². The van der Waals surface area contributed by atoms with Gasteiger partial charge in [0, 0.05) is 37.9 Å². The van der Waals surface area contributed by atoms with E-state index in [0.29, 0.717) is 12.8 Å². The van der Waals surface area contributed by atoms with E-state index in [1.807, 2.05) is 48.6 Å². The molecule has 32 heavy (non-hydrogen) atoms. The molecular weight excluding hydrogens is 404 g/mol. The van der Waals surface area contributed by atoms with Gasteiger partial charge in [-0.25, -0.2) is 0 Å². The highest BCUT2D eigenvalue weighted by atomic mass is 16.3. The zero-order valence-corrected chi connectivity index (χ0v) is 18.7. The van der Waals surface area contributed by atoms with E-state index < -0.39 is 6.10 Å². The van der Waals surface area contributed by atoms with Crippen molar-refractivity contribution in [1.82, 2.24) is 0 Å². The smallest absolute Gasteiger partial charge is 0.162 e. The first-order valence-corrected chi connectivity index (χ1v) is 11.5. The lowest BCUT2D eigenvalue weighted by Crippen LogP contribution is -2.15. The van der Waals surface area contributed by atoms with Gasteiger partial charge in [0.05, 0.1) is 6.10 Å². The Labute approximate surface area is 191 Å². The van der Waals surface area contributed by atoms with Crippen molar-refractivity contribution in [3.8, 4) is 0 Å². The minimum absolute atomic E-state index is 0.0619. The summed E-state index contributed by atoms with van der Waals surface area (Å²) < 4.78 is 0. The van der Waals surface area contributed by atoms with Crippen LogP contribution in [0.3, 0.4) is 0 Å². The quantitative estimate of drug-likeness (QED) is 0.286. The van der Waals surface area contributed by atoms with Crippen LogP contribution in [0.1, 0.15) is 44.1 Å². The van der Waals surface area contributed by atoms with Crippen LogP contribution in [0, 0.1) is 17.8 Å². The van der Waals surface area contributed by atoms with Crippen molar-refractivity contribution >= 4 is 11.6 Å². The summed E-state index contributed by atoms with van der Waals surface area (Å²) in [6.45, 7) is -0.342. The van der Waals surface area contributed by atoms with Crippen molar-refractivity contribution in [3.05, 3.63) is 72.4 Å². The third kappa shape index (κ3) is 9.43. The Kier molecular flexibility index (Phi) is 11.9. The molecule has 0 radical (unpaired) electrons. The molecule has 1 aromatic carbocycles. The number of unbranched alkanes of at least 4 members (excludes halogenated alkanes) is 1. The number of benzene rings is 1. The van der Waals surface area contributed by atoms with E-state index in [1.165, 1.54) is 5.56 Å². The summed E-state index contributed by atoms with van der Waals surface area (Å²) >= 11 is 0. The Bertz CT molecular complexity index is 776. The molecule has 1 aliphatic carbocycles. The van der Waals surface area contributed by atoms with E-state index >= 15 is 0 Å². The van der Waals surface area contributed by atoms with Crippen LogP contribution in [-0.4, -0.2) is 46.2 Å². The molecule has 3 N–H and O–H groups in total. The van der Waals surface area contributed by atoms with E-state index in [-0.39, 0.29) is 49.0 Å². The summed E-state index contributed by atoms with van der Waals surface area (Å²) in [5, 5.41) is 28.3. The Morgan fingerprint density at radius 3 is 2.56 bits per heavy atom. The Morgan fingerprint density at radius 1 is 1.09 bits per heavy atom. The number of carbonyl (C=O) groups excluding carboxylic acids is 2. The molecule has 2 rings (SSSR count). The van der Waals surface area contributed by atoms with Crippen LogP contribution in [0.2, 0.25) is 0 Å². The highest BCUT2D eigenvalue weighted by molar-refractivity contribution is 5.95. The number of hydrogen-bond acceptors (Lipinski definition) is 5. The lowest BCUT2D eigenvalue weighted by Gasteiger charge is -2.13. The molecule has 5 heteroatoms. The van der Waals surface area contributed by atoms with Gasteiger partial charge in [0.25, 0.3) is 0 Å². The normalized spacial score (nSPS) is 19.6. The molecule has 0 unspecified atom stereocenters. The topological polar surface area (TPSA) is 94.8 Å². The van der Waals surface area contributed by atoms with Gasteiger partial charge in [-0.1, -0.05) is 60.7 Å². The second kappa shape index (κ2) is 14.7. The molecule has 1 aliphatic rings. The standard InChI is InChI=1S/C27H36O5/c28-19-22(20-29)18-25(31)11-7-2-1-6-10-23-13-17-27(32)26(23)16-15-24(30)14-12-21-8-4-3-5-9-21/h1,3-6,8-9,13,15-17,22-24,26,28-30H,2,7,10-12,14,18-20H2/t23-,24-,26+/m0/s1. The van der Waals surface area contributed by atoms with Crippen LogP contribution in [0.25, 0.3) is 0 Å². The Balaban J connectivity index is 1.69. The summed E-state index contributed by atoms with van der Waals surface area (Å²) in [5.41, 5.74) is 1.19. The number of hydrogen-bond donors (Lipinski definition) is 3. The maximum atomic E-state index is 12.2. The van der Waals surface area contributed by atoms with Crippen molar-refractivity contribution in [3.63, 3.8) is 0 Å². The molecule has 0 heterocycles. The number of Topliss-reactive ketones (excluding diaryl/α,β-unsaturated/α-hetero) is 1. The minimum atomic E-state index is -0.575. The molecule has 174 valence electrons. The van der Waals surface area contributed by atoms with Crippen LogP contribution in [-0.2, 0) is 16.0 Å². The molecule has 0 aromatic heterocycles. The molecular formula is C27H36O5. The fraction of sp³-hybridized carbons (Fsp3) is 0.481. The maximum Gasteiger partial charge on any atom is 0.162 e. The lowest BCUT2D eigenvalue weighted by atomic mass is 9.90. The SMILES string of the molecule is O=C(CCCC=CC[C@H]1C=CC(=O)[C@@H]1C=C[C@@H](O)CCc1ccccc1)CC(CO)CO. The third-order valence-corrected chi connectivity index (χ3v) is 5.84. The van der Waals surface area contributed by atoms with Crippen LogP contribution < -0.4 is 0 Å². The summed E-state index contributed by atoms with van der Waals surface area (Å²) in [6, 6.07) is 10.0. The number of rotatable bonds is 15. The van der Waals surface area contributed by atoms with E-state index in [9.17, 15) is 14.7 Å². The van der Waals surface area contributed by atoms with Gasteiger partial charge in [-0.3, -0.25) is 9.59 Å². The lowest BCUT2D eigenvalue weighted by molar-refractivity contribution is -0.120. The second-order valence-corrected chi connectivity index (χ2v) is 8.50. The predicted molar refractivity (Wildman–Crippen MR) is 126 cm³/mol. The van der Waals surface area contributed by atoms with Gasteiger partial charge in [-0.2, -0.15) is 0 Å². The van der Waals surface area contributed by atoms with E-state index in [2.05, 4.69) is 6.08 Å². The average Bonchev–Trinajstić information content (AvgIpc) is 3.16. The first kappa shape index (κ1) is 25.9. The largest absolute Gasteiger partial charge is 0.396 e. The van der Waals surface area contributed by atoms with Crippen molar-refractivity contribution in [1.29, 1.82) is 0 Å². The second-order valence-electron chi connectivity index (χ2n) is 8.50. The van der Waals surface area contributed by atoms with Gasteiger partial charge in [-0.05, 0) is 49.7 Å². The number of aryl methyl sites for hydroxylation is 1. The van der Waals surface area contributed by atoms with Crippen molar-refractivity contribution in [2.24, 2.45) is 17.8 Å². The highest BCUT2D eigenvalue weighted by Gasteiger charge is 2.26. The fourth-order valence-electron chi connectivity index (χ4n) is 3.83. The van der Waals surface area contributed by atoms with E-state index in [1.54, 1.807) is 12.2 Å². The van der Waals surface area contributed by atoms with Crippen molar-refractivity contribution in [2.45, 2.75) is 51.0 Å². The van der Waals surface area contributed by atoms with Gasteiger partial charge >= 0.3 is 0 Å². The molecule has 0 saturated carbocycles. The molecule has 0 bridgehead atoms. The first-order chi connectivity index (χ1) is 15.5. The molecule has 0 aliphatic heterocycles. The van der Waals surface area contributed by atoms with E-state index in [0.717, 1.165) is 25.7 Å². The summed E-state index contributed by atoms with van der Waals surface area (Å²) in [7, 11) is 0. The van der Waals surface area contributed by atoms with Crippen LogP contribution in [0.4, 0.5) is 0 Å². The number of carbonyl (C=O) groups is 2. The Morgan fingerprint density at radius 2 is 1.84 bits per heavy atom. The first-order valence-electron chi connectivity index (χ1n) is 11.5. The third-order valence-electron chi connectivity index (χ3n) is 5.84. The maximum absolute atomic E-state index is 12.2. The van der Waals surface area contributed by atoms with Crippen molar-refractivity contribution < 1.29 is 24.9 Å². The zero-order chi connectivity index (χ0) is 23.2. The fourth-order valence-corrected chi connectivity index (χ4v) is 3.83. The number of aliphatic hydroxyl groups is 3. The van der Waals surface area contributed by atoms with Gasteiger partial charge < -0.3 is 15.3 Å². The van der Waals surface area contributed by atoms with Crippen LogP contribution >= 0.6 is 0 Å². The van der Waals surface area contributed by atoms with Gasteiger partial charge in [0.1, 0.15) is 5.78 Å². The minimum Gasteiger partial charge on any atom is -0.396 e. The monoisotopic (exact) mass is 440 g/mol. The van der Waals surface area contributed by atoms with E-state index in [4.69, 9.17) is 10.2 Å². The van der Waals surface area contributed by atoms with Crippen LogP contribution in [0.15, 0.2) is 66.8 Å². The molecule has 5 nitrogen and oxygen atoms in total. The molecule has 0 fully saturated rings. The number of ketones is 2.